The number of hydrogen-bond acceptors (Lipinski definition) is 5. The van der Waals surface area contributed by atoms with Gasteiger partial charge in [-0.25, -0.2) is 9.97 Å². The van der Waals surface area contributed by atoms with E-state index < -0.39 is 0 Å². The Labute approximate surface area is 155 Å². The van der Waals surface area contributed by atoms with Crippen LogP contribution >= 0.6 is 0 Å². The molecule has 4 rings (SSSR count). The lowest BCUT2D eigenvalue weighted by atomic mass is 10.0. The Bertz CT molecular complexity index is 1120. The molecule has 0 aliphatic heterocycles. The molecule has 27 heavy (non-hydrogen) atoms. The van der Waals surface area contributed by atoms with E-state index in [4.69, 9.17) is 4.74 Å². The number of carbonyl (C=O) groups excluding carboxylic acids is 1. The van der Waals surface area contributed by atoms with Gasteiger partial charge in [-0.1, -0.05) is 0 Å². The van der Waals surface area contributed by atoms with Gasteiger partial charge < -0.3 is 14.5 Å². The summed E-state index contributed by atoms with van der Waals surface area (Å²) in [5.74, 6) is 0.776. The van der Waals surface area contributed by atoms with Gasteiger partial charge in [-0.05, 0) is 36.8 Å². The Hall–Kier alpha value is -3.74. The van der Waals surface area contributed by atoms with Crippen molar-refractivity contribution in [3.05, 3.63) is 72.6 Å². The van der Waals surface area contributed by atoms with Crippen molar-refractivity contribution in [2.75, 3.05) is 12.4 Å². The molecule has 0 radical (unpaired) electrons. The molecule has 7 heteroatoms. The van der Waals surface area contributed by atoms with Crippen molar-refractivity contribution < 1.29 is 9.53 Å². The second kappa shape index (κ2) is 6.87. The number of aromatic nitrogens is 4. The number of rotatable bonds is 4. The van der Waals surface area contributed by atoms with E-state index in [1.54, 1.807) is 44.0 Å². The maximum absolute atomic E-state index is 12.9. The Kier molecular flexibility index (Phi) is 4.25. The Balaban J connectivity index is 1.74. The molecule has 0 atom stereocenters. The zero-order valence-corrected chi connectivity index (χ0v) is 14.9. The van der Waals surface area contributed by atoms with Crippen molar-refractivity contribution >= 4 is 17.4 Å². The summed E-state index contributed by atoms with van der Waals surface area (Å²) >= 11 is 0. The van der Waals surface area contributed by atoms with Gasteiger partial charge in [0.1, 0.15) is 17.2 Å². The van der Waals surface area contributed by atoms with Gasteiger partial charge in [-0.3, -0.25) is 9.78 Å². The van der Waals surface area contributed by atoms with Crippen LogP contribution in [0, 0.1) is 6.92 Å². The van der Waals surface area contributed by atoms with Crippen molar-refractivity contribution in [1.82, 2.24) is 19.4 Å². The molecule has 0 unspecified atom stereocenters. The quantitative estimate of drug-likeness (QED) is 0.604. The summed E-state index contributed by atoms with van der Waals surface area (Å²) in [5, 5.41) is 2.81. The molecule has 0 aliphatic rings. The maximum atomic E-state index is 12.9. The number of methoxy groups -OCH3 is 1. The Morgan fingerprint density at radius 1 is 1.15 bits per heavy atom. The zero-order valence-electron chi connectivity index (χ0n) is 14.9. The summed E-state index contributed by atoms with van der Waals surface area (Å²) in [6.07, 6.45) is 10.5. The first-order valence-electron chi connectivity index (χ1n) is 8.35. The average molecular weight is 359 g/mol. The molecule has 0 fully saturated rings. The number of hydrogen-bond donors (Lipinski definition) is 1. The lowest BCUT2D eigenvalue weighted by Gasteiger charge is -2.10. The SMILES string of the molecule is COc1ccc(NC(=O)c2cc(-c3cnccc3C)cn3ccnc23)nc1. The van der Waals surface area contributed by atoms with E-state index in [0.29, 0.717) is 22.8 Å². The zero-order chi connectivity index (χ0) is 18.8. The van der Waals surface area contributed by atoms with Crippen LogP contribution in [-0.2, 0) is 0 Å². The third-order valence-corrected chi connectivity index (χ3v) is 4.30. The number of nitrogens with one attached hydrogen (secondary N) is 1. The third-order valence-electron chi connectivity index (χ3n) is 4.30. The molecular formula is C20H17N5O2. The number of anilines is 1. The molecule has 1 amide bonds. The summed E-state index contributed by atoms with van der Waals surface area (Å²) < 4.78 is 6.92. The number of nitrogens with zero attached hydrogens (tertiary/aromatic N) is 4. The van der Waals surface area contributed by atoms with E-state index in [2.05, 4.69) is 20.3 Å². The van der Waals surface area contributed by atoms with Crippen molar-refractivity contribution in [3.8, 4) is 16.9 Å². The summed E-state index contributed by atoms with van der Waals surface area (Å²) in [6, 6.07) is 7.19. The van der Waals surface area contributed by atoms with Crippen molar-refractivity contribution in [2.45, 2.75) is 6.92 Å². The second-order valence-electron chi connectivity index (χ2n) is 6.03. The van der Waals surface area contributed by atoms with E-state index in [-0.39, 0.29) is 5.91 Å². The van der Waals surface area contributed by atoms with Gasteiger partial charge in [0, 0.05) is 42.1 Å². The van der Waals surface area contributed by atoms with E-state index in [0.717, 1.165) is 16.7 Å². The highest BCUT2D eigenvalue weighted by Gasteiger charge is 2.16. The van der Waals surface area contributed by atoms with E-state index in [9.17, 15) is 4.79 Å². The highest BCUT2D eigenvalue weighted by molar-refractivity contribution is 6.08. The number of amides is 1. The number of ether oxygens (including phenoxy) is 1. The minimum absolute atomic E-state index is 0.285. The van der Waals surface area contributed by atoms with Crippen LogP contribution in [0.5, 0.6) is 5.75 Å². The van der Waals surface area contributed by atoms with Crippen LogP contribution < -0.4 is 10.1 Å². The van der Waals surface area contributed by atoms with Gasteiger partial charge in [0.05, 0.1) is 18.9 Å². The molecule has 0 bridgehead atoms. The minimum atomic E-state index is -0.285. The Morgan fingerprint density at radius 2 is 2.04 bits per heavy atom. The number of aryl methyl sites for hydroxylation is 1. The second-order valence-corrected chi connectivity index (χ2v) is 6.03. The molecule has 4 aromatic heterocycles. The van der Waals surface area contributed by atoms with Gasteiger partial charge in [0.25, 0.3) is 5.91 Å². The summed E-state index contributed by atoms with van der Waals surface area (Å²) in [6.45, 7) is 2.01. The van der Waals surface area contributed by atoms with Gasteiger partial charge in [-0.2, -0.15) is 0 Å². The lowest BCUT2D eigenvalue weighted by molar-refractivity contribution is 0.102. The maximum Gasteiger partial charge on any atom is 0.260 e. The molecule has 134 valence electrons. The van der Waals surface area contributed by atoms with Crippen molar-refractivity contribution in [1.29, 1.82) is 0 Å². The number of carbonyl (C=O) groups is 1. The molecule has 0 spiro atoms. The van der Waals surface area contributed by atoms with Gasteiger partial charge in [-0.15, -0.1) is 0 Å². The molecule has 0 saturated heterocycles. The standard InChI is InChI=1S/C20H17N5O2/c1-13-5-6-21-11-17(13)14-9-16(19-22-7-8-25(19)12-14)20(26)24-18-4-3-15(27-2)10-23-18/h3-12H,1-2H3,(H,23,24,26). The fourth-order valence-electron chi connectivity index (χ4n) is 2.87. The largest absolute Gasteiger partial charge is 0.495 e. The smallest absolute Gasteiger partial charge is 0.260 e. The summed E-state index contributed by atoms with van der Waals surface area (Å²) in [4.78, 5) is 25.6. The Morgan fingerprint density at radius 3 is 2.78 bits per heavy atom. The molecular weight excluding hydrogens is 342 g/mol. The molecule has 7 nitrogen and oxygen atoms in total. The van der Waals surface area contributed by atoms with Crippen LogP contribution in [0.3, 0.4) is 0 Å². The van der Waals surface area contributed by atoms with Crippen LogP contribution in [0.4, 0.5) is 5.82 Å². The van der Waals surface area contributed by atoms with E-state index >= 15 is 0 Å². The predicted molar refractivity (Wildman–Crippen MR) is 102 cm³/mol. The van der Waals surface area contributed by atoms with Crippen LogP contribution in [0.15, 0.2) is 61.4 Å². The fourth-order valence-corrected chi connectivity index (χ4v) is 2.87. The highest BCUT2D eigenvalue weighted by Crippen LogP contribution is 2.25. The number of fused-ring (bicyclic) bond motifs is 1. The van der Waals surface area contributed by atoms with E-state index in [1.165, 1.54) is 0 Å². The van der Waals surface area contributed by atoms with Gasteiger partial charge in [0.2, 0.25) is 0 Å². The summed E-state index contributed by atoms with van der Waals surface area (Å²) in [5.41, 5.74) is 3.96. The van der Waals surface area contributed by atoms with Crippen molar-refractivity contribution in [3.63, 3.8) is 0 Å². The number of imidazole rings is 1. The van der Waals surface area contributed by atoms with Crippen LogP contribution in [-0.4, -0.2) is 32.4 Å². The average Bonchev–Trinajstić information content (AvgIpc) is 3.16. The molecule has 4 heterocycles. The van der Waals surface area contributed by atoms with Gasteiger partial charge in [0.15, 0.2) is 0 Å². The molecule has 0 saturated carbocycles. The first kappa shape index (κ1) is 16.7. The third kappa shape index (κ3) is 3.22. The van der Waals surface area contributed by atoms with Gasteiger partial charge >= 0.3 is 0 Å². The first-order valence-corrected chi connectivity index (χ1v) is 8.35. The molecule has 0 aromatic carbocycles. The molecule has 1 N–H and O–H groups in total. The monoisotopic (exact) mass is 359 g/mol. The highest BCUT2D eigenvalue weighted by atomic mass is 16.5. The number of pyridine rings is 3. The minimum Gasteiger partial charge on any atom is -0.495 e. The molecule has 0 aliphatic carbocycles. The van der Waals surface area contributed by atoms with Crippen molar-refractivity contribution in [2.24, 2.45) is 0 Å². The van der Waals surface area contributed by atoms with Crippen LogP contribution in [0.1, 0.15) is 15.9 Å². The van der Waals surface area contributed by atoms with Crippen LogP contribution in [0.2, 0.25) is 0 Å². The molecule has 4 aromatic rings. The summed E-state index contributed by atoms with van der Waals surface area (Å²) in [7, 11) is 1.57. The van der Waals surface area contributed by atoms with Crippen LogP contribution in [0.25, 0.3) is 16.8 Å². The lowest BCUT2D eigenvalue weighted by Crippen LogP contribution is -2.14. The van der Waals surface area contributed by atoms with E-state index in [1.807, 2.05) is 35.9 Å². The predicted octanol–water partition coefficient (Wildman–Crippen LogP) is 3.36. The first-order chi connectivity index (χ1) is 13.2. The fraction of sp³-hybridized carbons (Fsp3) is 0.100. The topological polar surface area (TPSA) is 81.4 Å². The normalized spacial score (nSPS) is 10.7.